The number of thioether (sulfide) groups is 1. The van der Waals surface area contributed by atoms with Gasteiger partial charge in [0.15, 0.2) is 0 Å². The Hall–Kier alpha value is -1.59. The van der Waals surface area contributed by atoms with E-state index < -0.39 is 0 Å². The van der Waals surface area contributed by atoms with E-state index in [1.807, 2.05) is 43.3 Å². The number of aromatic nitrogens is 2. The maximum Gasteiger partial charge on any atom is 0.248 e. The van der Waals surface area contributed by atoms with E-state index in [-0.39, 0.29) is 0 Å². The van der Waals surface area contributed by atoms with E-state index in [1.54, 1.807) is 11.8 Å². The Labute approximate surface area is 135 Å². The number of halogens is 1. The van der Waals surface area contributed by atoms with E-state index in [0.717, 1.165) is 15.6 Å². The third kappa shape index (κ3) is 3.54. The molecule has 0 N–H and O–H groups in total. The number of aryl methyl sites for hydroxylation is 1. The van der Waals surface area contributed by atoms with Crippen molar-refractivity contribution in [3.63, 3.8) is 0 Å². The van der Waals surface area contributed by atoms with Gasteiger partial charge in [-0.05, 0) is 42.8 Å². The van der Waals surface area contributed by atoms with Crippen LogP contribution in [0.2, 0.25) is 0 Å². The second-order valence-corrected chi connectivity index (χ2v) is 6.52. The molecule has 1 aromatic heterocycles. The minimum Gasteiger partial charge on any atom is -0.420 e. The molecule has 3 nitrogen and oxygen atoms in total. The highest BCUT2D eigenvalue weighted by atomic mass is 79.9. The van der Waals surface area contributed by atoms with Crippen LogP contribution < -0.4 is 0 Å². The first-order chi connectivity index (χ1) is 10.2. The van der Waals surface area contributed by atoms with E-state index in [4.69, 9.17) is 4.42 Å². The van der Waals surface area contributed by atoms with Gasteiger partial charge in [0, 0.05) is 14.9 Å². The number of benzene rings is 2. The molecule has 0 bridgehead atoms. The molecule has 2 aromatic carbocycles. The molecule has 0 radical (unpaired) electrons. The lowest BCUT2D eigenvalue weighted by molar-refractivity contribution is 0.528. The zero-order valence-electron chi connectivity index (χ0n) is 11.4. The normalized spacial score (nSPS) is 10.8. The van der Waals surface area contributed by atoms with Gasteiger partial charge in [-0.3, -0.25) is 0 Å². The average molecular weight is 361 g/mol. The highest BCUT2D eigenvalue weighted by molar-refractivity contribution is 9.10. The predicted octanol–water partition coefficient (Wildman–Crippen LogP) is 5.10. The van der Waals surface area contributed by atoms with Crippen LogP contribution in [0.4, 0.5) is 0 Å². The van der Waals surface area contributed by atoms with Gasteiger partial charge in [0.1, 0.15) is 0 Å². The van der Waals surface area contributed by atoms with Crippen molar-refractivity contribution < 1.29 is 4.42 Å². The lowest BCUT2D eigenvalue weighted by atomic mass is 10.1. The molecule has 0 fully saturated rings. The number of hydrogen-bond acceptors (Lipinski definition) is 4. The van der Waals surface area contributed by atoms with Crippen molar-refractivity contribution in [1.82, 2.24) is 10.2 Å². The lowest BCUT2D eigenvalue weighted by Gasteiger charge is -1.99. The standard InChI is InChI=1S/C16H13BrN2OS/c1-11-4-2-3-5-14(11)16-19-18-15(20-16)10-21-13-8-6-12(17)7-9-13/h2-9H,10H2,1H3. The molecule has 3 aromatic rings. The van der Waals surface area contributed by atoms with Gasteiger partial charge in [-0.1, -0.05) is 34.1 Å². The van der Waals surface area contributed by atoms with Crippen LogP contribution in [0.25, 0.3) is 11.5 Å². The molecule has 0 aliphatic heterocycles. The van der Waals surface area contributed by atoms with Gasteiger partial charge in [0.05, 0.1) is 5.75 Å². The van der Waals surface area contributed by atoms with Gasteiger partial charge in [0.25, 0.3) is 0 Å². The van der Waals surface area contributed by atoms with Crippen molar-refractivity contribution >= 4 is 27.7 Å². The molecule has 0 saturated carbocycles. The smallest absolute Gasteiger partial charge is 0.248 e. The second kappa shape index (κ2) is 6.45. The first-order valence-electron chi connectivity index (χ1n) is 6.49. The van der Waals surface area contributed by atoms with Crippen LogP contribution in [0.1, 0.15) is 11.5 Å². The summed E-state index contributed by atoms with van der Waals surface area (Å²) in [5.41, 5.74) is 2.12. The molecule has 106 valence electrons. The van der Waals surface area contributed by atoms with Gasteiger partial charge in [-0.15, -0.1) is 22.0 Å². The third-order valence-electron chi connectivity index (χ3n) is 3.02. The molecule has 0 amide bonds. The van der Waals surface area contributed by atoms with Gasteiger partial charge in [0.2, 0.25) is 11.8 Å². The molecule has 0 atom stereocenters. The van der Waals surface area contributed by atoms with Crippen LogP contribution in [-0.4, -0.2) is 10.2 Å². The van der Waals surface area contributed by atoms with Crippen LogP contribution >= 0.6 is 27.7 Å². The molecule has 21 heavy (non-hydrogen) atoms. The first-order valence-corrected chi connectivity index (χ1v) is 8.27. The molecule has 5 heteroatoms. The summed E-state index contributed by atoms with van der Waals surface area (Å²) in [6.07, 6.45) is 0. The van der Waals surface area contributed by atoms with Crippen molar-refractivity contribution in [2.45, 2.75) is 17.6 Å². The molecular formula is C16H13BrN2OS. The second-order valence-electron chi connectivity index (χ2n) is 4.56. The summed E-state index contributed by atoms with van der Waals surface area (Å²) in [5.74, 6) is 1.89. The van der Waals surface area contributed by atoms with Crippen LogP contribution in [0, 0.1) is 6.92 Å². The van der Waals surface area contributed by atoms with Gasteiger partial charge in [-0.25, -0.2) is 0 Å². The Morgan fingerprint density at radius 2 is 1.81 bits per heavy atom. The molecule has 0 saturated heterocycles. The van der Waals surface area contributed by atoms with Crippen LogP contribution in [0.5, 0.6) is 0 Å². The van der Waals surface area contributed by atoms with Gasteiger partial charge >= 0.3 is 0 Å². The van der Waals surface area contributed by atoms with Crippen LogP contribution in [0.15, 0.2) is 62.3 Å². The van der Waals surface area contributed by atoms with E-state index in [1.165, 1.54) is 4.90 Å². The van der Waals surface area contributed by atoms with Gasteiger partial charge in [-0.2, -0.15) is 0 Å². The first kappa shape index (κ1) is 14.4. The van der Waals surface area contributed by atoms with Crippen molar-refractivity contribution in [3.8, 4) is 11.5 Å². The molecule has 0 aliphatic rings. The molecular weight excluding hydrogens is 348 g/mol. The molecule has 1 heterocycles. The van der Waals surface area contributed by atoms with Crippen molar-refractivity contribution in [2.24, 2.45) is 0 Å². The number of hydrogen-bond donors (Lipinski definition) is 0. The Morgan fingerprint density at radius 1 is 1.05 bits per heavy atom. The lowest BCUT2D eigenvalue weighted by Crippen LogP contribution is -1.81. The van der Waals surface area contributed by atoms with Crippen molar-refractivity contribution in [1.29, 1.82) is 0 Å². The fourth-order valence-electron chi connectivity index (χ4n) is 1.91. The Kier molecular flexibility index (Phi) is 4.41. The maximum atomic E-state index is 5.74. The Morgan fingerprint density at radius 3 is 2.57 bits per heavy atom. The quantitative estimate of drug-likeness (QED) is 0.606. The summed E-state index contributed by atoms with van der Waals surface area (Å²) in [4.78, 5) is 1.17. The number of nitrogens with zero attached hydrogens (tertiary/aromatic N) is 2. The number of rotatable bonds is 4. The van der Waals surface area contributed by atoms with E-state index in [9.17, 15) is 0 Å². The van der Waals surface area contributed by atoms with E-state index in [0.29, 0.717) is 17.5 Å². The fourth-order valence-corrected chi connectivity index (χ4v) is 2.91. The molecule has 3 rings (SSSR count). The van der Waals surface area contributed by atoms with Crippen LogP contribution in [0.3, 0.4) is 0 Å². The molecule has 0 spiro atoms. The zero-order chi connectivity index (χ0) is 14.7. The summed E-state index contributed by atoms with van der Waals surface area (Å²) >= 11 is 5.11. The summed E-state index contributed by atoms with van der Waals surface area (Å²) in [6, 6.07) is 16.2. The van der Waals surface area contributed by atoms with E-state index in [2.05, 4.69) is 38.3 Å². The van der Waals surface area contributed by atoms with Crippen LogP contribution in [-0.2, 0) is 5.75 Å². The van der Waals surface area contributed by atoms with E-state index >= 15 is 0 Å². The van der Waals surface area contributed by atoms with Crippen molar-refractivity contribution in [3.05, 3.63) is 64.5 Å². The highest BCUT2D eigenvalue weighted by Crippen LogP contribution is 2.26. The fraction of sp³-hybridized carbons (Fsp3) is 0.125. The monoisotopic (exact) mass is 360 g/mol. The maximum absolute atomic E-state index is 5.74. The summed E-state index contributed by atoms with van der Waals surface area (Å²) in [5, 5.41) is 8.26. The molecule has 0 aliphatic carbocycles. The zero-order valence-corrected chi connectivity index (χ0v) is 13.8. The third-order valence-corrected chi connectivity index (χ3v) is 4.54. The van der Waals surface area contributed by atoms with Crippen molar-refractivity contribution in [2.75, 3.05) is 0 Å². The average Bonchev–Trinajstić information content (AvgIpc) is 2.96. The van der Waals surface area contributed by atoms with Gasteiger partial charge < -0.3 is 4.42 Å². The highest BCUT2D eigenvalue weighted by Gasteiger charge is 2.10. The topological polar surface area (TPSA) is 38.9 Å². The minimum absolute atomic E-state index is 0.583. The minimum atomic E-state index is 0.583. The largest absolute Gasteiger partial charge is 0.420 e. The summed E-state index contributed by atoms with van der Waals surface area (Å²) in [7, 11) is 0. The summed E-state index contributed by atoms with van der Waals surface area (Å²) < 4.78 is 6.82. The predicted molar refractivity (Wildman–Crippen MR) is 88.2 cm³/mol. The SMILES string of the molecule is Cc1ccccc1-c1nnc(CSc2ccc(Br)cc2)o1. The summed E-state index contributed by atoms with van der Waals surface area (Å²) in [6.45, 7) is 2.04. The Bertz CT molecular complexity index is 740. The molecule has 0 unspecified atom stereocenters. The Balaban J connectivity index is 1.71.